The molecular weight excluding hydrogens is 440 g/mol. The minimum atomic E-state index is -0.555. The van der Waals surface area contributed by atoms with E-state index in [0.29, 0.717) is 10.9 Å². The lowest BCUT2D eigenvalue weighted by molar-refractivity contribution is -0.384. The van der Waals surface area contributed by atoms with E-state index in [4.69, 9.17) is 11.6 Å². The van der Waals surface area contributed by atoms with Crippen LogP contribution in [-0.2, 0) is 0 Å². The minimum Gasteiger partial charge on any atom is -0.358 e. The van der Waals surface area contributed by atoms with Crippen molar-refractivity contribution in [1.82, 2.24) is 14.5 Å². The van der Waals surface area contributed by atoms with Crippen molar-refractivity contribution in [2.75, 3.05) is 0 Å². The maximum absolute atomic E-state index is 13.5. The summed E-state index contributed by atoms with van der Waals surface area (Å²) in [6.45, 7) is 1.96. The molecule has 8 heteroatoms. The highest BCUT2D eigenvalue weighted by molar-refractivity contribution is 6.30. The number of nitrogens with one attached hydrogen (secondary N) is 1. The molecule has 0 spiro atoms. The highest BCUT2D eigenvalue weighted by atomic mass is 35.5. The summed E-state index contributed by atoms with van der Waals surface area (Å²) in [5.74, 6) is 0.272. The Morgan fingerprint density at radius 2 is 1.76 bits per heavy atom. The fraction of sp³-hybridized carbons (Fsp3) is 0.0400. The molecule has 0 radical (unpaired) electrons. The first-order valence-corrected chi connectivity index (χ1v) is 10.5. The number of nitro groups is 1. The predicted octanol–water partition coefficient (Wildman–Crippen LogP) is 5.91. The molecule has 0 saturated carbocycles. The SMILES string of the molecule is Cc1[nH]c2ccccc2c1C=Cc1nc2ccccc2c(=O)n1-c1ccc(Cl)cc1[N+](=O)[O-]. The first-order valence-electron chi connectivity index (χ1n) is 10.2. The van der Waals surface area contributed by atoms with Crippen LogP contribution in [0.3, 0.4) is 0 Å². The summed E-state index contributed by atoms with van der Waals surface area (Å²) in [6, 6.07) is 19.0. The quantitative estimate of drug-likeness (QED) is 0.269. The average molecular weight is 457 g/mol. The minimum absolute atomic E-state index is 0.1000. The highest BCUT2D eigenvalue weighted by Crippen LogP contribution is 2.28. The van der Waals surface area contributed by atoms with Crippen molar-refractivity contribution in [3.63, 3.8) is 0 Å². The van der Waals surface area contributed by atoms with Gasteiger partial charge < -0.3 is 4.98 Å². The van der Waals surface area contributed by atoms with Crippen LogP contribution in [0.4, 0.5) is 5.69 Å². The van der Waals surface area contributed by atoms with Gasteiger partial charge in [-0.05, 0) is 49.4 Å². The largest absolute Gasteiger partial charge is 0.358 e. The zero-order valence-electron chi connectivity index (χ0n) is 17.4. The molecule has 0 saturated heterocycles. The molecular formula is C25H17ClN4O3. The number of benzene rings is 3. The molecule has 0 aliphatic heterocycles. The van der Waals surface area contributed by atoms with Crippen LogP contribution in [-0.4, -0.2) is 19.5 Å². The van der Waals surface area contributed by atoms with Crippen LogP contribution in [0.5, 0.6) is 0 Å². The third-order valence-electron chi connectivity index (χ3n) is 5.52. The summed E-state index contributed by atoms with van der Waals surface area (Å²) >= 11 is 6.00. The molecule has 7 nitrogen and oxygen atoms in total. The van der Waals surface area contributed by atoms with E-state index in [1.54, 1.807) is 30.3 Å². The smallest absolute Gasteiger partial charge is 0.294 e. The van der Waals surface area contributed by atoms with Crippen LogP contribution in [0.2, 0.25) is 5.02 Å². The zero-order valence-corrected chi connectivity index (χ0v) is 18.2. The van der Waals surface area contributed by atoms with Crippen LogP contribution in [0.15, 0.2) is 71.5 Å². The number of nitrogens with zero attached hydrogens (tertiary/aromatic N) is 3. The summed E-state index contributed by atoms with van der Waals surface area (Å²) in [6.07, 6.45) is 3.57. The van der Waals surface area contributed by atoms with E-state index in [1.807, 2.05) is 37.3 Å². The number of aryl methyl sites for hydroxylation is 1. The van der Waals surface area contributed by atoms with Crippen molar-refractivity contribution < 1.29 is 4.92 Å². The second-order valence-electron chi connectivity index (χ2n) is 7.56. The molecule has 33 heavy (non-hydrogen) atoms. The van der Waals surface area contributed by atoms with Gasteiger partial charge in [-0.15, -0.1) is 0 Å². The van der Waals surface area contributed by atoms with E-state index in [9.17, 15) is 14.9 Å². The lowest BCUT2D eigenvalue weighted by atomic mass is 10.1. The molecule has 0 aliphatic rings. The van der Waals surface area contributed by atoms with Crippen molar-refractivity contribution >= 4 is 51.2 Å². The topological polar surface area (TPSA) is 93.8 Å². The van der Waals surface area contributed by atoms with Crippen molar-refractivity contribution in [2.24, 2.45) is 0 Å². The monoisotopic (exact) mass is 456 g/mol. The van der Waals surface area contributed by atoms with Crippen LogP contribution < -0.4 is 5.56 Å². The highest BCUT2D eigenvalue weighted by Gasteiger charge is 2.21. The summed E-state index contributed by atoms with van der Waals surface area (Å²) in [5.41, 5.74) is 2.83. The van der Waals surface area contributed by atoms with Crippen molar-refractivity contribution in [2.45, 2.75) is 6.92 Å². The molecule has 0 fully saturated rings. The molecule has 5 aromatic rings. The van der Waals surface area contributed by atoms with Crippen LogP contribution >= 0.6 is 11.6 Å². The molecule has 0 unspecified atom stereocenters. The third-order valence-corrected chi connectivity index (χ3v) is 5.75. The van der Waals surface area contributed by atoms with E-state index in [0.717, 1.165) is 22.2 Å². The average Bonchev–Trinajstić information content (AvgIpc) is 3.13. The first kappa shape index (κ1) is 20.7. The van der Waals surface area contributed by atoms with Crippen molar-refractivity contribution in [3.05, 3.63) is 109 Å². The fourth-order valence-corrected chi connectivity index (χ4v) is 4.16. The summed E-state index contributed by atoms with van der Waals surface area (Å²) in [4.78, 5) is 32.7. The zero-order chi connectivity index (χ0) is 23.1. The summed E-state index contributed by atoms with van der Waals surface area (Å²) in [5, 5.41) is 13.4. The van der Waals surface area contributed by atoms with Crippen LogP contribution in [0, 0.1) is 17.0 Å². The lowest BCUT2D eigenvalue weighted by Crippen LogP contribution is -2.23. The number of fused-ring (bicyclic) bond motifs is 2. The number of nitro benzene ring substituents is 1. The van der Waals surface area contributed by atoms with Gasteiger partial charge in [-0.25, -0.2) is 4.98 Å². The number of hydrogen-bond donors (Lipinski definition) is 1. The molecule has 2 aromatic heterocycles. The van der Waals surface area contributed by atoms with E-state index < -0.39 is 10.5 Å². The fourth-order valence-electron chi connectivity index (χ4n) is 4.00. The summed E-state index contributed by atoms with van der Waals surface area (Å²) < 4.78 is 1.26. The number of rotatable bonds is 4. The Morgan fingerprint density at radius 3 is 2.55 bits per heavy atom. The third kappa shape index (κ3) is 3.58. The Labute approximate surface area is 192 Å². The van der Waals surface area contributed by atoms with Gasteiger partial charge in [0.1, 0.15) is 11.5 Å². The number of aromatic nitrogens is 3. The van der Waals surface area contributed by atoms with Crippen LogP contribution in [0.1, 0.15) is 17.1 Å². The molecule has 3 aromatic carbocycles. The van der Waals surface area contributed by atoms with Gasteiger partial charge in [0.25, 0.3) is 11.2 Å². The van der Waals surface area contributed by atoms with Crippen molar-refractivity contribution in [3.8, 4) is 5.69 Å². The van der Waals surface area contributed by atoms with E-state index in [-0.39, 0.29) is 22.2 Å². The number of aromatic amines is 1. The maximum atomic E-state index is 13.5. The molecule has 0 bridgehead atoms. The van der Waals surface area contributed by atoms with Gasteiger partial charge in [-0.1, -0.05) is 41.9 Å². The Balaban J connectivity index is 1.79. The van der Waals surface area contributed by atoms with Gasteiger partial charge in [-0.2, -0.15) is 0 Å². The number of para-hydroxylation sites is 2. The van der Waals surface area contributed by atoms with Gasteiger partial charge in [0.05, 0.1) is 15.8 Å². The number of hydrogen-bond acceptors (Lipinski definition) is 4. The Kier molecular flexibility index (Phi) is 5.03. The molecule has 0 amide bonds. The van der Waals surface area contributed by atoms with Gasteiger partial charge >= 0.3 is 0 Å². The standard InChI is InChI=1S/C25H17ClN4O3/c1-15-17(18-6-2-4-8-20(18)27-15)11-13-24-28-21-9-5-3-7-19(21)25(31)29(24)22-12-10-16(26)14-23(22)30(32)33/h2-14,27H,1H3. The Morgan fingerprint density at radius 1 is 1.03 bits per heavy atom. The molecule has 2 heterocycles. The van der Waals surface area contributed by atoms with Gasteiger partial charge in [0.15, 0.2) is 0 Å². The molecule has 1 N–H and O–H groups in total. The second kappa shape index (κ2) is 8.03. The molecule has 5 rings (SSSR count). The van der Waals surface area contributed by atoms with E-state index in [1.165, 1.54) is 22.8 Å². The second-order valence-corrected chi connectivity index (χ2v) is 8.00. The Bertz CT molecular complexity index is 1650. The van der Waals surface area contributed by atoms with Gasteiger partial charge in [0.2, 0.25) is 0 Å². The summed E-state index contributed by atoms with van der Waals surface area (Å²) in [7, 11) is 0. The lowest BCUT2D eigenvalue weighted by Gasteiger charge is -2.12. The van der Waals surface area contributed by atoms with Crippen molar-refractivity contribution in [1.29, 1.82) is 0 Å². The molecule has 162 valence electrons. The van der Waals surface area contributed by atoms with E-state index >= 15 is 0 Å². The number of halogens is 1. The number of H-pyrrole nitrogens is 1. The molecule has 0 atom stereocenters. The normalized spacial score (nSPS) is 11.6. The van der Waals surface area contributed by atoms with E-state index in [2.05, 4.69) is 9.97 Å². The van der Waals surface area contributed by atoms with Crippen LogP contribution in [0.25, 0.3) is 39.6 Å². The Hall–Kier alpha value is -4.23. The van der Waals surface area contributed by atoms with Gasteiger partial charge in [-0.3, -0.25) is 19.5 Å². The van der Waals surface area contributed by atoms with Gasteiger partial charge in [0, 0.05) is 33.2 Å². The molecule has 0 aliphatic carbocycles. The maximum Gasteiger partial charge on any atom is 0.294 e. The first-order chi connectivity index (χ1) is 15.9. The predicted molar refractivity (Wildman–Crippen MR) is 131 cm³/mol.